The number of aromatic nitrogens is 3. The Morgan fingerprint density at radius 2 is 1.82 bits per heavy atom. The van der Waals surface area contributed by atoms with Gasteiger partial charge in [0.1, 0.15) is 12.7 Å². The van der Waals surface area contributed by atoms with E-state index in [0.29, 0.717) is 5.56 Å². The Morgan fingerprint density at radius 1 is 1.09 bits per heavy atom. The molecule has 1 N–H and O–H groups in total. The summed E-state index contributed by atoms with van der Waals surface area (Å²) in [6.45, 7) is 1.97. The molecule has 1 aromatic heterocycles. The standard InChI is InChI=1S/C17H16N4O/c1-13(14-5-3-2-4-6-14)20-17(22)15-7-9-16(10-8-15)21-12-18-11-19-21/h2-13H,1H3,(H,20,22)/t13-/m0/s1. The third-order valence-corrected chi connectivity index (χ3v) is 3.46. The summed E-state index contributed by atoms with van der Waals surface area (Å²) in [5.41, 5.74) is 2.56. The van der Waals surface area contributed by atoms with Gasteiger partial charge >= 0.3 is 0 Å². The zero-order valence-corrected chi connectivity index (χ0v) is 12.2. The molecule has 0 aliphatic rings. The van der Waals surface area contributed by atoms with E-state index < -0.39 is 0 Å². The Balaban J connectivity index is 1.70. The Bertz CT molecular complexity index is 736. The van der Waals surface area contributed by atoms with Gasteiger partial charge in [0.15, 0.2) is 0 Å². The summed E-state index contributed by atoms with van der Waals surface area (Å²) in [5, 5.41) is 7.05. The van der Waals surface area contributed by atoms with E-state index in [-0.39, 0.29) is 11.9 Å². The zero-order valence-electron chi connectivity index (χ0n) is 12.2. The molecule has 1 atom stereocenters. The van der Waals surface area contributed by atoms with Gasteiger partial charge in [-0.1, -0.05) is 30.3 Å². The summed E-state index contributed by atoms with van der Waals surface area (Å²) in [6, 6.07) is 17.1. The van der Waals surface area contributed by atoms with E-state index in [9.17, 15) is 4.79 Å². The minimum Gasteiger partial charge on any atom is -0.346 e. The van der Waals surface area contributed by atoms with Gasteiger partial charge < -0.3 is 5.32 Å². The maximum atomic E-state index is 12.3. The fourth-order valence-electron chi connectivity index (χ4n) is 2.21. The van der Waals surface area contributed by atoms with Crippen LogP contribution in [-0.2, 0) is 0 Å². The van der Waals surface area contributed by atoms with Gasteiger partial charge in [0.2, 0.25) is 0 Å². The lowest BCUT2D eigenvalue weighted by molar-refractivity contribution is 0.0940. The van der Waals surface area contributed by atoms with E-state index in [1.54, 1.807) is 23.1 Å². The highest BCUT2D eigenvalue weighted by atomic mass is 16.1. The van der Waals surface area contributed by atoms with Gasteiger partial charge in [0, 0.05) is 5.56 Å². The molecule has 0 saturated carbocycles. The number of nitrogens with one attached hydrogen (secondary N) is 1. The molecule has 3 rings (SSSR count). The summed E-state index contributed by atoms with van der Waals surface area (Å²) in [7, 11) is 0. The molecule has 1 amide bonds. The molecule has 0 saturated heterocycles. The molecule has 110 valence electrons. The first kappa shape index (κ1) is 14.0. The van der Waals surface area contributed by atoms with Crippen molar-refractivity contribution in [2.24, 2.45) is 0 Å². The Hall–Kier alpha value is -2.95. The minimum absolute atomic E-state index is 0.0382. The van der Waals surface area contributed by atoms with Crippen LogP contribution in [0, 0.1) is 0 Å². The number of hydrogen-bond acceptors (Lipinski definition) is 3. The quantitative estimate of drug-likeness (QED) is 0.804. The van der Waals surface area contributed by atoms with E-state index in [0.717, 1.165) is 11.3 Å². The molecular formula is C17H16N4O. The van der Waals surface area contributed by atoms with Gasteiger partial charge in [-0.25, -0.2) is 9.67 Å². The maximum Gasteiger partial charge on any atom is 0.251 e. The van der Waals surface area contributed by atoms with Crippen LogP contribution in [0.2, 0.25) is 0 Å². The number of carbonyl (C=O) groups excluding carboxylic acids is 1. The van der Waals surface area contributed by atoms with Crippen LogP contribution in [0.4, 0.5) is 0 Å². The average Bonchev–Trinajstić information content (AvgIpc) is 3.10. The molecule has 0 radical (unpaired) electrons. The summed E-state index contributed by atoms with van der Waals surface area (Å²) >= 11 is 0. The summed E-state index contributed by atoms with van der Waals surface area (Å²) in [6.07, 6.45) is 3.09. The summed E-state index contributed by atoms with van der Waals surface area (Å²) < 4.78 is 1.65. The normalized spacial score (nSPS) is 11.9. The minimum atomic E-state index is -0.0958. The number of carbonyl (C=O) groups is 1. The number of benzene rings is 2. The van der Waals surface area contributed by atoms with Crippen molar-refractivity contribution in [1.29, 1.82) is 0 Å². The van der Waals surface area contributed by atoms with Crippen LogP contribution in [0.1, 0.15) is 28.9 Å². The lowest BCUT2D eigenvalue weighted by Crippen LogP contribution is -2.26. The van der Waals surface area contributed by atoms with Crippen LogP contribution in [0.3, 0.4) is 0 Å². The largest absolute Gasteiger partial charge is 0.346 e. The molecule has 0 aliphatic heterocycles. The van der Waals surface area contributed by atoms with Crippen LogP contribution < -0.4 is 5.32 Å². The first-order chi connectivity index (χ1) is 10.7. The third kappa shape index (κ3) is 3.03. The fourth-order valence-corrected chi connectivity index (χ4v) is 2.21. The van der Waals surface area contributed by atoms with Crippen LogP contribution in [0.25, 0.3) is 5.69 Å². The molecule has 5 nitrogen and oxygen atoms in total. The molecule has 2 aromatic carbocycles. The Morgan fingerprint density at radius 3 is 2.45 bits per heavy atom. The molecule has 5 heteroatoms. The smallest absolute Gasteiger partial charge is 0.251 e. The van der Waals surface area contributed by atoms with E-state index >= 15 is 0 Å². The number of hydrogen-bond donors (Lipinski definition) is 1. The van der Waals surface area contributed by atoms with Crippen molar-refractivity contribution in [3.05, 3.63) is 78.4 Å². The average molecular weight is 292 g/mol. The monoisotopic (exact) mass is 292 g/mol. The lowest BCUT2D eigenvalue weighted by atomic mass is 10.1. The van der Waals surface area contributed by atoms with Crippen molar-refractivity contribution in [2.45, 2.75) is 13.0 Å². The molecule has 0 spiro atoms. The van der Waals surface area contributed by atoms with Gasteiger partial charge in [-0.3, -0.25) is 4.79 Å². The molecule has 0 unspecified atom stereocenters. The van der Waals surface area contributed by atoms with Crippen molar-refractivity contribution in [3.63, 3.8) is 0 Å². The van der Waals surface area contributed by atoms with E-state index in [1.807, 2.05) is 49.4 Å². The number of rotatable bonds is 4. The number of nitrogens with zero attached hydrogens (tertiary/aromatic N) is 3. The summed E-state index contributed by atoms with van der Waals surface area (Å²) in [4.78, 5) is 16.2. The molecule has 0 bridgehead atoms. The van der Waals surface area contributed by atoms with Crippen molar-refractivity contribution < 1.29 is 4.79 Å². The van der Waals surface area contributed by atoms with E-state index in [1.165, 1.54) is 6.33 Å². The predicted octanol–water partition coefficient (Wildman–Crippen LogP) is 2.76. The van der Waals surface area contributed by atoms with E-state index in [2.05, 4.69) is 15.4 Å². The summed E-state index contributed by atoms with van der Waals surface area (Å²) in [5.74, 6) is -0.0958. The highest BCUT2D eigenvalue weighted by molar-refractivity contribution is 5.94. The molecule has 1 heterocycles. The molecule has 0 fully saturated rings. The highest BCUT2D eigenvalue weighted by Crippen LogP contribution is 2.13. The second kappa shape index (κ2) is 6.22. The van der Waals surface area contributed by atoms with Crippen molar-refractivity contribution >= 4 is 5.91 Å². The number of amides is 1. The first-order valence-corrected chi connectivity index (χ1v) is 7.05. The van der Waals surface area contributed by atoms with Crippen molar-refractivity contribution in [3.8, 4) is 5.69 Å². The highest BCUT2D eigenvalue weighted by Gasteiger charge is 2.11. The first-order valence-electron chi connectivity index (χ1n) is 7.05. The zero-order chi connectivity index (χ0) is 15.4. The fraction of sp³-hybridized carbons (Fsp3) is 0.118. The maximum absolute atomic E-state index is 12.3. The van der Waals surface area contributed by atoms with Crippen LogP contribution >= 0.6 is 0 Å². The van der Waals surface area contributed by atoms with Gasteiger partial charge in [-0.05, 0) is 36.8 Å². The Kier molecular flexibility index (Phi) is 3.96. The third-order valence-electron chi connectivity index (χ3n) is 3.46. The van der Waals surface area contributed by atoms with Gasteiger partial charge in [0.05, 0.1) is 11.7 Å². The lowest BCUT2D eigenvalue weighted by Gasteiger charge is -2.14. The molecule has 22 heavy (non-hydrogen) atoms. The molecular weight excluding hydrogens is 276 g/mol. The van der Waals surface area contributed by atoms with Crippen LogP contribution in [-0.4, -0.2) is 20.7 Å². The van der Waals surface area contributed by atoms with Crippen LogP contribution in [0.15, 0.2) is 67.3 Å². The predicted molar refractivity (Wildman–Crippen MR) is 83.7 cm³/mol. The van der Waals surface area contributed by atoms with Gasteiger partial charge in [-0.2, -0.15) is 5.10 Å². The van der Waals surface area contributed by atoms with Gasteiger partial charge in [-0.15, -0.1) is 0 Å². The van der Waals surface area contributed by atoms with Crippen molar-refractivity contribution in [2.75, 3.05) is 0 Å². The molecule has 3 aromatic rings. The topological polar surface area (TPSA) is 59.8 Å². The van der Waals surface area contributed by atoms with E-state index in [4.69, 9.17) is 0 Å². The van der Waals surface area contributed by atoms with Gasteiger partial charge in [0.25, 0.3) is 5.91 Å². The second-order valence-electron chi connectivity index (χ2n) is 4.99. The second-order valence-corrected chi connectivity index (χ2v) is 4.99. The van der Waals surface area contributed by atoms with Crippen molar-refractivity contribution in [1.82, 2.24) is 20.1 Å². The molecule has 0 aliphatic carbocycles. The van der Waals surface area contributed by atoms with Crippen LogP contribution in [0.5, 0.6) is 0 Å². The SMILES string of the molecule is C[C@H](NC(=O)c1ccc(-n2cncn2)cc1)c1ccccc1. The Labute approximate surface area is 128 Å².